The number of fused-ring (bicyclic) bond motifs is 1. The van der Waals surface area contributed by atoms with E-state index in [2.05, 4.69) is 77.0 Å². The Morgan fingerprint density at radius 3 is 2.00 bits per heavy atom. The number of allylic oxidation sites excluding steroid dienone is 2. The van der Waals surface area contributed by atoms with Crippen LogP contribution >= 0.6 is 24.8 Å². The van der Waals surface area contributed by atoms with Gasteiger partial charge in [0, 0.05) is 33.2 Å². The van der Waals surface area contributed by atoms with E-state index < -0.39 is 8.24 Å². The standard InChI is InChI=1S/C17H27NSi.2ClH.Ti/c1-12-14-10-8-9-11-15(14)13(2)16(12)19(6,7)18-17(3,4)5;;;/h8-12,18H,1-7H3;2*1H;. The summed E-state index contributed by atoms with van der Waals surface area (Å²) in [6.07, 6.45) is 0. The van der Waals surface area contributed by atoms with E-state index in [1.165, 1.54) is 16.7 Å². The van der Waals surface area contributed by atoms with Gasteiger partial charge in [0.25, 0.3) is 0 Å². The normalized spacial score (nSPS) is 17.1. The molecule has 1 aromatic rings. The molecular formula is C17H29Cl2NSiTi. The van der Waals surface area contributed by atoms with E-state index in [0.717, 1.165) is 0 Å². The molecule has 1 N–H and O–H groups in total. The van der Waals surface area contributed by atoms with Crippen molar-refractivity contribution in [2.24, 2.45) is 0 Å². The summed E-state index contributed by atoms with van der Waals surface area (Å²) in [5.74, 6) is 0.563. The van der Waals surface area contributed by atoms with E-state index in [9.17, 15) is 0 Å². The van der Waals surface area contributed by atoms with Gasteiger partial charge in [0.15, 0.2) is 0 Å². The van der Waals surface area contributed by atoms with Crippen molar-refractivity contribution in [3.05, 3.63) is 40.6 Å². The van der Waals surface area contributed by atoms with Gasteiger partial charge in [0.05, 0.1) is 0 Å². The molecule has 1 unspecified atom stereocenters. The van der Waals surface area contributed by atoms with Crippen LogP contribution in [0.1, 0.15) is 51.7 Å². The van der Waals surface area contributed by atoms with Crippen molar-refractivity contribution in [2.45, 2.75) is 59.2 Å². The monoisotopic (exact) mass is 393 g/mol. The zero-order valence-electron chi connectivity index (χ0n) is 14.7. The van der Waals surface area contributed by atoms with Crippen molar-refractivity contribution in [1.82, 2.24) is 4.98 Å². The summed E-state index contributed by atoms with van der Waals surface area (Å²) in [6.45, 7) is 16.4. The maximum absolute atomic E-state index is 3.91. The third-order valence-electron chi connectivity index (χ3n) is 4.03. The van der Waals surface area contributed by atoms with Gasteiger partial charge in [-0.3, -0.25) is 0 Å². The van der Waals surface area contributed by atoms with E-state index >= 15 is 0 Å². The molecule has 1 aromatic carbocycles. The van der Waals surface area contributed by atoms with Gasteiger partial charge in [-0.2, -0.15) is 0 Å². The Morgan fingerprint density at radius 2 is 1.55 bits per heavy atom. The number of benzene rings is 1. The van der Waals surface area contributed by atoms with Crippen LogP contribution in [0, 0.1) is 0 Å². The SMILES string of the molecule is CC1=C([Si](C)(C)NC(C)(C)C)C(C)c2ccccc21.Cl.Cl.[Ti]. The van der Waals surface area contributed by atoms with E-state index in [1.54, 1.807) is 5.20 Å². The number of hydrogen-bond donors (Lipinski definition) is 1. The summed E-state index contributed by atoms with van der Waals surface area (Å²) in [6, 6.07) is 8.88. The van der Waals surface area contributed by atoms with Crippen LogP contribution in [0.5, 0.6) is 0 Å². The van der Waals surface area contributed by atoms with Crippen LogP contribution in [-0.4, -0.2) is 13.8 Å². The summed E-state index contributed by atoms with van der Waals surface area (Å²) in [5.41, 5.74) is 4.65. The molecule has 0 radical (unpaired) electrons. The zero-order chi connectivity index (χ0) is 14.4. The van der Waals surface area contributed by atoms with Gasteiger partial charge >= 0.3 is 0 Å². The predicted octanol–water partition coefficient (Wildman–Crippen LogP) is 5.55. The third kappa shape index (κ3) is 4.96. The first-order valence-electron chi connectivity index (χ1n) is 7.23. The number of nitrogens with one attached hydrogen (secondary N) is 1. The molecule has 1 nitrogen and oxygen atoms in total. The van der Waals surface area contributed by atoms with Crippen LogP contribution in [0.25, 0.3) is 5.57 Å². The summed E-state index contributed by atoms with van der Waals surface area (Å²) < 4.78 is 0. The molecule has 0 spiro atoms. The fourth-order valence-corrected chi connectivity index (χ4v) is 8.18. The van der Waals surface area contributed by atoms with Crippen molar-refractivity contribution in [3.8, 4) is 0 Å². The molecule has 0 saturated heterocycles. The quantitative estimate of drug-likeness (QED) is 0.649. The molecule has 2 rings (SSSR count). The van der Waals surface area contributed by atoms with Crippen LogP contribution in [0.2, 0.25) is 13.1 Å². The molecule has 0 amide bonds. The summed E-state index contributed by atoms with van der Waals surface area (Å²) in [4.78, 5) is 3.91. The Hall–Kier alpha value is 0.431. The Bertz CT molecular complexity index is 536. The smallest absolute Gasteiger partial charge is 0.148 e. The van der Waals surface area contributed by atoms with Gasteiger partial charge in [-0.25, -0.2) is 0 Å². The molecule has 0 bridgehead atoms. The first kappa shape index (κ1) is 24.7. The molecule has 0 aromatic heterocycles. The van der Waals surface area contributed by atoms with E-state index in [1.807, 2.05) is 0 Å². The fourth-order valence-electron chi connectivity index (χ4n) is 3.86. The molecule has 1 aliphatic carbocycles. The van der Waals surface area contributed by atoms with Gasteiger partial charge in [0.2, 0.25) is 0 Å². The average Bonchev–Trinajstić information content (AvgIpc) is 2.49. The zero-order valence-corrected chi connectivity index (χ0v) is 18.9. The summed E-state index contributed by atoms with van der Waals surface area (Å²) >= 11 is 0. The maximum Gasteiger partial charge on any atom is 0.148 e. The topological polar surface area (TPSA) is 12.0 Å². The van der Waals surface area contributed by atoms with Crippen LogP contribution in [0.4, 0.5) is 0 Å². The molecule has 0 heterocycles. The minimum atomic E-state index is -1.60. The molecule has 1 aliphatic rings. The summed E-state index contributed by atoms with van der Waals surface area (Å²) in [5, 5.41) is 1.67. The van der Waals surface area contributed by atoms with Crippen LogP contribution in [0.15, 0.2) is 29.5 Å². The Morgan fingerprint density at radius 1 is 1.05 bits per heavy atom. The van der Waals surface area contributed by atoms with Crippen molar-refractivity contribution < 1.29 is 21.7 Å². The molecule has 0 fully saturated rings. The largest absolute Gasteiger partial charge is 0.329 e. The Kier molecular flexibility index (Phi) is 9.54. The summed E-state index contributed by atoms with van der Waals surface area (Å²) in [7, 11) is -1.60. The fraction of sp³-hybridized carbons (Fsp3) is 0.529. The van der Waals surface area contributed by atoms with Crippen molar-refractivity contribution in [3.63, 3.8) is 0 Å². The van der Waals surface area contributed by atoms with Gasteiger partial charge in [-0.05, 0) is 44.4 Å². The molecule has 124 valence electrons. The molecule has 0 saturated carbocycles. The molecule has 1 atom stereocenters. The third-order valence-corrected chi connectivity index (χ3v) is 7.56. The molecule has 22 heavy (non-hydrogen) atoms. The first-order valence-corrected chi connectivity index (χ1v) is 10.2. The predicted molar refractivity (Wildman–Crippen MR) is 102 cm³/mol. The van der Waals surface area contributed by atoms with Gasteiger partial charge in [-0.1, -0.05) is 49.5 Å². The van der Waals surface area contributed by atoms with Gasteiger partial charge < -0.3 is 4.98 Å². The molecule has 0 aliphatic heterocycles. The van der Waals surface area contributed by atoms with Crippen molar-refractivity contribution >= 4 is 38.6 Å². The number of halogens is 2. The second kappa shape index (κ2) is 8.51. The second-order valence-electron chi connectivity index (χ2n) is 7.35. The molecular weight excluding hydrogens is 365 g/mol. The molecule has 5 heteroatoms. The van der Waals surface area contributed by atoms with Gasteiger partial charge in [-0.15, -0.1) is 24.8 Å². The number of hydrogen-bond acceptors (Lipinski definition) is 1. The van der Waals surface area contributed by atoms with E-state index in [0.29, 0.717) is 5.92 Å². The Balaban J connectivity index is 0. The van der Waals surface area contributed by atoms with Crippen LogP contribution in [0.3, 0.4) is 0 Å². The van der Waals surface area contributed by atoms with Crippen LogP contribution in [-0.2, 0) is 21.7 Å². The second-order valence-corrected chi connectivity index (χ2v) is 11.4. The van der Waals surface area contributed by atoms with E-state index in [4.69, 9.17) is 0 Å². The minimum absolute atomic E-state index is 0. The van der Waals surface area contributed by atoms with E-state index in [-0.39, 0.29) is 52.1 Å². The van der Waals surface area contributed by atoms with Crippen LogP contribution < -0.4 is 4.98 Å². The minimum Gasteiger partial charge on any atom is -0.329 e. The Labute approximate surface area is 164 Å². The van der Waals surface area contributed by atoms with Crippen molar-refractivity contribution in [2.75, 3.05) is 0 Å². The first-order chi connectivity index (χ1) is 8.63. The van der Waals surface area contributed by atoms with Gasteiger partial charge in [0.1, 0.15) is 8.24 Å². The maximum atomic E-state index is 3.91. The number of rotatable bonds is 2. The van der Waals surface area contributed by atoms with Crippen molar-refractivity contribution in [1.29, 1.82) is 0 Å². The average molecular weight is 394 g/mol.